The summed E-state index contributed by atoms with van der Waals surface area (Å²) in [6.07, 6.45) is 0. The summed E-state index contributed by atoms with van der Waals surface area (Å²) in [4.78, 5) is 21.9. The summed E-state index contributed by atoms with van der Waals surface area (Å²) in [5, 5.41) is 2.92. The average Bonchev–Trinajstić information content (AvgIpc) is 2.61. The van der Waals surface area contributed by atoms with Gasteiger partial charge in [0.2, 0.25) is 0 Å². The van der Waals surface area contributed by atoms with Crippen molar-refractivity contribution in [2.45, 2.75) is 6.92 Å². The molecule has 0 aliphatic rings. The lowest BCUT2D eigenvalue weighted by atomic mass is 10.1. The van der Waals surface area contributed by atoms with E-state index in [-0.39, 0.29) is 5.91 Å². The van der Waals surface area contributed by atoms with Gasteiger partial charge in [-0.1, -0.05) is 35.9 Å². The largest absolute Gasteiger partial charge is 0.322 e. The number of rotatable bonds is 2. The number of aryl methyl sites for hydroxylation is 1. The van der Waals surface area contributed by atoms with Crippen LogP contribution in [0.2, 0.25) is 0 Å². The highest BCUT2D eigenvalue weighted by molar-refractivity contribution is 6.12. The van der Waals surface area contributed by atoms with Gasteiger partial charge in [-0.3, -0.25) is 4.79 Å². The zero-order valence-corrected chi connectivity index (χ0v) is 13.2. The summed E-state index contributed by atoms with van der Waals surface area (Å²) in [6.45, 7) is 2.01. The molecule has 116 valence electrons. The first-order valence-corrected chi connectivity index (χ1v) is 7.74. The number of carbonyl (C=O) groups is 1. The average molecular weight is 313 g/mol. The first kappa shape index (κ1) is 14.3. The molecule has 0 fully saturated rings. The number of nitrogens with zero attached hydrogens (tertiary/aromatic N) is 2. The van der Waals surface area contributed by atoms with Gasteiger partial charge in [0.15, 0.2) is 0 Å². The number of hydrogen-bond acceptors (Lipinski definition) is 3. The molecule has 3 aromatic carbocycles. The van der Waals surface area contributed by atoms with Gasteiger partial charge in [0, 0.05) is 5.69 Å². The Morgan fingerprint density at radius 1 is 0.792 bits per heavy atom. The van der Waals surface area contributed by atoms with E-state index in [1.807, 2.05) is 67.6 Å². The van der Waals surface area contributed by atoms with Crippen molar-refractivity contribution in [3.05, 3.63) is 77.9 Å². The molecule has 1 aromatic heterocycles. The molecular formula is C20H15N3O. The van der Waals surface area contributed by atoms with Gasteiger partial charge in [-0.2, -0.15) is 0 Å². The summed E-state index contributed by atoms with van der Waals surface area (Å²) in [5.74, 6) is -0.186. The molecule has 1 N–H and O–H groups in total. The van der Waals surface area contributed by atoms with Gasteiger partial charge in [-0.15, -0.1) is 0 Å². The summed E-state index contributed by atoms with van der Waals surface area (Å²) < 4.78 is 0. The van der Waals surface area contributed by atoms with Crippen LogP contribution < -0.4 is 5.32 Å². The van der Waals surface area contributed by atoms with Gasteiger partial charge in [-0.05, 0) is 43.3 Å². The van der Waals surface area contributed by atoms with Crippen molar-refractivity contribution < 1.29 is 4.79 Å². The van der Waals surface area contributed by atoms with Crippen LogP contribution in [0.1, 0.15) is 15.9 Å². The molecule has 1 amide bonds. The van der Waals surface area contributed by atoms with E-state index in [1.165, 1.54) is 0 Å². The Labute approximate surface area is 139 Å². The zero-order chi connectivity index (χ0) is 16.5. The third-order valence-electron chi connectivity index (χ3n) is 3.92. The topological polar surface area (TPSA) is 54.9 Å². The molecule has 4 heteroatoms. The number of amides is 1. The quantitative estimate of drug-likeness (QED) is 0.560. The molecular weight excluding hydrogens is 298 g/mol. The summed E-state index contributed by atoms with van der Waals surface area (Å²) in [6, 6.07) is 20.8. The fourth-order valence-corrected chi connectivity index (χ4v) is 2.66. The van der Waals surface area contributed by atoms with Crippen molar-refractivity contribution in [1.82, 2.24) is 9.97 Å². The molecule has 0 spiro atoms. The van der Waals surface area contributed by atoms with Gasteiger partial charge in [0.25, 0.3) is 5.91 Å². The fraction of sp³-hybridized carbons (Fsp3) is 0.0500. The van der Waals surface area contributed by atoms with Crippen LogP contribution in [0.25, 0.3) is 22.1 Å². The zero-order valence-electron chi connectivity index (χ0n) is 13.2. The standard InChI is InChI=1S/C20H15N3O/c1-13-9-11-14(12-10-13)21-20(24)15-5-4-8-18-19(15)23-17-7-3-2-6-16(17)22-18/h2-12H,1H3,(H,21,24). The summed E-state index contributed by atoms with van der Waals surface area (Å²) >= 11 is 0. The van der Waals surface area contributed by atoms with E-state index >= 15 is 0 Å². The third-order valence-corrected chi connectivity index (χ3v) is 3.92. The van der Waals surface area contributed by atoms with E-state index < -0.39 is 0 Å². The molecule has 4 rings (SSSR count). The van der Waals surface area contributed by atoms with Gasteiger partial charge < -0.3 is 5.32 Å². The lowest BCUT2D eigenvalue weighted by Crippen LogP contribution is -2.13. The molecule has 0 atom stereocenters. The smallest absolute Gasteiger partial charge is 0.257 e. The lowest BCUT2D eigenvalue weighted by Gasteiger charge is -2.08. The van der Waals surface area contributed by atoms with Gasteiger partial charge >= 0.3 is 0 Å². The molecule has 0 radical (unpaired) electrons. The first-order valence-electron chi connectivity index (χ1n) is 7.74. The number of aromatic nitrogens is 2. The third kappa shape index (κ3) is 2.58. The van der Waals surface area contributed by atoms with Crippen LogP contribution in [0.15, 0.2) is 66.7 Å². The van der Waals surface area contributed by atoms with Crippen molar-refractivity contribution >= 4 is 33.7 Å². The molecule has 4 nitrogen and oxygen atoms in total. The minimum absolute atomic E-state index is 0.186. The minimum atomic E-state index is -0.186. The highest BCUT2D eigenvalue weighted by atomic mass is 16.1. The molecule has 0 saturated heterocycles. The Balaban J connectivity index is 1.79. The predicted octanol–water partition coefficient (Wildman–Crippen LogP) is 4.34. The number of para-hydroxylation sites is 3. The Morgan fingerprint density at radius 3 is 2.21 bits per heavy atom. The summed E-state index contributed by atoms with van der Waals surface area (Å²) in [7, 11) is 0. The maximum Gasteiger partial charge on any atom is 0.257 e. The van der Waals surface area contributed by atoms with Crippen LogP contribution in [0.4, 0.5) is 5.69 Å². The fourth-order valence-electron chi connectivity index (χ4n) is 2.66. The summed E-state index contributed by atoms with van der Waals surface area (Å²) in [5.41, 5.74) is 5.35. The molecule has 0 unspecified atom stereocenters. The van der Waals surface area contributed by atoms with Crippen molar-refractivity contribution in [2.24, 2.45) is 0 Å². The van der Waals surface area contributed by atoms with E-state index in [0.717, 1.165) is 22.3 Å². The normalized spacial score (nSPS) is 10.9. The number of fused-ring (bicyclic) bond motifs is 2. The van der Waals surface area contributed by atoms with E-state index in [1.54, 1.807) is 6.07 Å². The van der Waals surface area contributed by atoms with Crippen molar-refractivity contribution in [3.63, 3.8) is 0 Å². The number of anilines is 1. The highest BCUT2D eigenvalue weighted by Gasteiger charge is 2.13. The highest BCUT2D eigenvalue weighted by Crippen LogP contribution is 2.20. The monoisotopic (exact) mass is 313 g/mol. The Hall–Kier alpha value is -3.27. The van der Waals surface area contributed by atoms with Crippen LogP contribution in [-0.4, -0.2) is 15.9 Å². The lowest BCUT2D eigenvalue weighted by molar-refractivity contribution is 0.102. The maximum atomic E-state index is 12.7. The van der Waals surface area contributed by atoms with Gasteiger partial charge in [0.05, 0.1) is 22.1 Å². The first-order chi connectivity index (χ1) is 11.7. The van der Waals surface area contributed by atoms with Crippen molar-refractivity contribution in [2.75, 3.05) is 5.32 Å². The van der Waals surface area contributed by atoms with Crippen LogP contribution in [0.5, 0.6) is 0 Å². The SMILES string of the molecule is Cc1ccc(NC(=O)c2cccc3nc4ccccc4nc23)cc1. The van der Waals surface area contributed by atoms with Crippen molar-refractivity contribution in [3.8, 4) is 0 Å². The van der Waals surface area contributed by atoms with Crippen molar-refractivity contribution in [1.29, 1.82) is 0 Å². The Morgan fingerprint density at radius 2 is 1.46 bits per heavy atom. The second kappa shape index (κ2) is 5.74. The van der Waals surface area contributed by atoms with Crippen LogP contribution in [-0.2, 0) is 0 Å². The number of benzene rings is 3. The molecule has 0 bridgehead atoms. The second-order valence-corrected chi connectivity index (χ2v) is 5.71. The van der Waals surface area contributed by atoms with E-state index in [0.29, 0.717) is 16.6 Å². The van der Waals surface area contributed by atoms with Gasteiger partial charge in [0.1, 0.15) is 5.52 Å². The second-order valence-electron chi connectivity index (χ2n) is 5.71. The van der Waals surface area contributed by atoms with E-state index in [4.69, 9.17) is 0 Å². The number of hydrogen-bond donors (Lipinski definition) is 1. The van der Waals surface area contributed by atoms with Crippen LogP contribution >= 0.6 is 0 Å². The van der Waals surface area contributed by atoms with Crippen LogP contribution in [0, 0.1) is 6.92 Å². The molecule has 0 aliphatic heterocycles. The minimum Gasteiger partial charge on any atom is -0.322 e. The number of nitrogens with one attached hydrogen (secondary N) is 1. The van der Waals surface area contributed by atoms with Crippen LogP contribution in [0.3, 0.4) is 0 Å². The molecule has 4 aromatic rings. The predicted molar refractivity (Wildman–Crippen MR) is 96.2 cm³/mol. The van der Waals surface area contributed by atoms with Gasteiger partial charge in [-0.25, -0.2) is 9.97 Å². The van der Waals surface area contributed by atoms with E-state index in [2.05, 4.69) is 15.3 Å². The maximum absolute atomic E-state index is 12.7. The molecule has 1 heterocycles. The molecule has 0 saturated carbocycles. The number of carbonyl (C=O) groups excluding carboxylic acids is 1. The Kier molecular flexibility index (Phi) is 3.43. The molecule has 0 aliphatic carbocycles. The molecule has 24 heavy (non-hydrogen) atoms. The Bertz CT molecular complexity index is 1060. The van der Waals surface area contributed by atoms with E-state index in [9.17, 15) is 4.79 Å².